The maximum atomic E-state index is 13.4. The van der Waals surface area contributed by atoms with E-state index in [0.29, 0.717) is 18.2 Å². The Bertz CT molecular complexity index is 1250. The van der Waals surface area contributed by atoms with Gasteiger partial charge in [0.1, 0.15) is 0 Å². The van der Waals surface area contributed by atoms with Gasteiger partial charge in [0.2, 0.25) is 0 Å². The number of fused-ring (bicyclic) bond motifs is 2. The summed E-state index contributed by atoms with van der Waals surface area (Å²) in [6.07, 6.45) is 2.57. The Balaban J connectivity index is 1.20. The summed E-state index contributed by atoms with van der Waals surface area (Å²) in [4.78, 5) is 35.6. The van der Waals surface area contributed by atoms with E-state index in [1.165, 1.54) is 5.56 Å². The number of rotatable bonds is 7. The van der Waals surface area contributed by atoms with Gasteiger partial charge >= 0.3 is 5.97 Å². The molecule has 1 amide bonds. The molecule has 2 aliphatic heterocycles. The topological polar surface area (TPSA) is 74.8 Å². The lowest BCUT2D eigenvalue weighted by Gasteiger charge is -2.33. The fourth-order valence-electron chi connectivity index (χ4n) is 5.43. The quantitative estimate of drug-likeness (QED) is 0.496. The molecule has 0 aliphatic carbocycles. The second-order valence-electron chi connectivity index (χ2n) is 10.4. The Labute approximate surface area is 218 Å². The Hall–Kier alpha value is -3.29. The van der Waals surface area contributed by atoms with E-state index in [1.54, 1.807) is 0 Å². The summed E-state index contributed by atoms with van der Waals surface area (Å²) in [6, 6.07) is 18.6. The molecule has 0 unspecified atom stereocenters. The Morgan fingerprint density at radius 3 is 2.51 bits per heavy atom. The number of esters is 1. The lowest BCUT2D eigenvalue weighted by atomic mass is 9.95. The molecule has 5 rings (SSSR count). The number of carbonyl (C=O) groups excluding carboxylic acids is 2. The van der Waals surface area contributed by atoms with Crippen molar-refractivity contribution < 1.29 is 14.3 Å². The molecule has 1 N–H and O–H groups in total. The number of benzene rings is 2. The number of amides is 1. The maximum Gasteiger partial charge on any atom is 0.339 e. The van der Waals surface area contributed by atoms with E-state index >= 15 is 0 Å². The van der Waals surface area contributed by atoms with Crippen LogP contribution >= 0.6 is 0 Å². The number of ether oxygens (including phenoxy) is 1. The predicted octanol–water partition coefficient (Wildman–Crippen LogP) is 3.94. The van der Waals surface area contributed by atoms with Crippen LogP contribution in [0.1, 0.15) is 53.9 Å². The smallest absolute Gasteiger partial charge is 0.339 e. The second kappa shape index (κ2) is 11.4. The summed E-state index contributed by atoms with van der Waals surface area (Å²) in [5.74, 6) is -0.695. The molecule has 3 aromatic rings. The van der Waals surface area contributed by atoms with Crippen LogP contribution in [-0.2, 0) is 29.0 Å². The monoisotopic (exact) mass is 500 g/mol. The zero-order valence-electron chi connectivity index (χ0n) is 21.8. The number of piperidine rings is 1. The van der Waals surface area contributed by atoms with E-state index in [1.807, 2.05) is 30.3 Å². The number of pyridine rings is 1. The van der Waals surface area contributed by atoms with E-state index in [4.69, 9.17) is 9.72 Å². The van der Waals surface area contributed by atoms with Crippen molar-refractivity contribution in [1.82, 2.24) is 20.1 Å². The van der Waals surface area contributed by atoms with Crippen LogP contribution in [-0.4, -0.2) is 65.0 Å². The van der Waals surface area contributed by atoms with Crippen molar-refractivity contribution in [3.8, 4) is 0 Å². The molecule has 0 saturated carbocycles. The largest absolute Gasteiger partial charge is 0.452 e. The van der Waals surface area contributed by atoms with Gasteiger partial charge in [-0.2, -0.15) is 0 Å². The minimum atomic E-state index is -0.451. The van der Waals surface area contributed by atoms with Crippen LogP contribution in [0.3, 0.4) is 0 Å². The average molecular weight is 501 g/mol. The van der Waals surface area contributed by atoms with Crippen molar-refractivity contribution in [2.45, 2.75) is 58.3 Å². The number of aromatic nitrogens is 1. The van der Waals surface area contributed by atoms with E-state index in [2.05, 4.69) is 53.2 Å². The number of para-hydroxylation sites is 1. The fourth-order valence-corrected chi connectivity index (χ4v) is 5.43. The third-order valence-corrected chi connectivity index (χ3v) is 7.55. The molecule has 0 atom stereocenters. The minimum absolute atomic E-state index is 0.104. The summed E-state index contributed by atoms with van der Waals surface area (Å²) in [5.41, 5.74) is 4.52. The molecule has 2 aromatic carbocycles. The van der Waals surface area contributed by atoms with Gasteiger partial charge in [0.15, 0.2) is 6.61 Å². The van der Waals surface area contributed by atoms with E-state index in [0.717, 1.165) is 67.6 Å². The van der Waals surface area contributed by atoms with Gasteiger partial charge in [0.25, 0.3) is 5.91 Å². The van der Waals surface area contributed by atoms with Gasteiger partial charge in [-0.15, -0.1) is 0 Å². The third kappa shape index (κ3) is 6.00. The molecule has 7 nitrogen and oxygen atoms in total. The van der Waals surface area contributed by atoms with Crippen LogP contribution in [0.5, 0.6) is 0 Å². The number of hydrogen-bond donors (Lipinski definition) is 1. The summed E-state index contributed by atoms with van der Waals surface area (Å²) < 4.78 is 5.59. The van der Waals surface area contributed by atoms with Crippen molar-refractivity contribution in [3.05, 3.63) is 77.0 Å². The SMILES string of the molecule is CC(C)N1CCc2nc3ccccc3c(C(=O)OCC(=O)NC3CCN(Cc4ccccc4)CC3)c2C1. The van der Waals surface area contributed by atoms with E-state index in [-0.39, 0.29) is 18.6 Å². The standard InChI is InChI=1S/C30H36N4O3/c1-21(2)34-17-14-27-25(19-34)29(24-10-6-7-11-26(24)32-27)30(36)37-20-28(35)31-23-12-15-33(16-13-23)18-22-8-4-3-5-9-22/h3-11,21,23H,12-20H2,1-2H3,(H,31,35). The van der Waals surface area contributed by atoms with Crippen LogP contribution < -0.4 is 5.32 Å². The first kappa shape index (κ1) is 25.4. The lowest BCUT2D eigenvalue weighted by Crippen LogP contribution is -2.45. The van der Waals surface area contributed by atoms with Crippen LogP contribution in [0, 0.1) is 0 Å². The highest BCUT2D eigenvalue weighted by molar-refractivity contribution is 6.05. The minimum Gasteiger partial charge on any atom is -0.452 e. The van der Waals surface area contributed by atoms with Crippen molar-refractivity contribution in [1.29, 1.82) is 0 Å². The first-order valence-electron chi connectivity index (χ1n) is 13.3. The molecule has 194 valence electrons. The highest BCUT2D eigenvalue weighted by Crippen LogP contribution is 2.29. The fraction of sp³-hybridized carbons (Fsp3) is 0.433. The maximum absolute atomic E-state index is 13.4. The molecular weight excluding hydrogens is 464 g/mol. The first-order valence-corrected chi connectivity index (χ1v) is 13.3. The Kier molecular flexibility index (Phi) is 7.82. The number of nitrogens with one attached hydrogen (secondary N) is 1. The Morgan fingerprint density at radius 2 is 1.76 bits per heavy atom. The molecule has 1 aromatic heterocycles. The summed E-state index contributed by atoms with van der Waals surface area (Å²) >= 11 is 0. The number of hydrogen-bond acceptors (Lipinski definition) is 6. The lowest BCUT2D eigenvalue weighted by molar-refractivity contribution is -0.125. The summed E-state index contributed by atoms with van der Waals surface area (Å²) in [6.45, 7) is 8.41. The molecule has 37 heavy (non-hydrogen) atoms. The number of likely N-dealkylation sites (tertiary alicyclic amines) is 1. The van der Waals surface area contributed by atoms with Gasteiger partial charge < -0.3 is 10.1 Å². The van der Waals surface area contributed by atoms with E-state index < -0.39 is 5.97 Å². The van der Waals surface area contributed by atoms with Gasteiger partial charge in [-0.1, -0.05) is 48.5 Å². The van der Waals surface area contributed by atoms with Crippen molar-refractivity contribution in [2.75, 3.05) is 26.2 Å². The van der Waals surface area contributed by atoms with Gasteiger partial charge in [-0.25, -0.2) is 4.79 Å². The summed E-state index contributed by atoms with van der Waals surface area (Å²) in [7, 11) is 0. The molecule has 7 heteroatoms. The molecule has 1 saturated heterocycles. The van der Waals surface area contributed by atoms with Crippen LogP contribution in [0.15, 0.2) is 54.6 Å². The van der Waals surface area contributed by atoms with Gasteiger partial charge in [-0.3, -0.25) is 19.6 Å². The highest BCUT2D eigenvalue weighted by atomic mass is 16.5. The predicted molar refractivity (Wildman–Crippen MR) is 144 cm³/mol. The van der Waals surface area contributed by atoms with Crippen molar-refractivity contribution >= 4 is 22.8 Å². The van der Waals surface area contributed by atoms with Gasteiger partial charge in [0.05, 0.1) is 11.1 Å². The van der Waals surface area contributed by atoms with E-state index in [9.17, 15) is 9.59 Å². The normalized spacial score (nSPS) is 17.1. The second-order valence-corrected chi connectivity index (χ2v) is 10.4. The van der Waals surface area contributed by atoms with Gasteiger partial charge in [-0.05, 0) is 38.3 Å². The number of carbonyl (C=O) groups is 2. The average Bonchev–Trinajstić information content (AvgIpc) is 2.91. The molecular formula is C30H36N4O3. The third-order valence-electron chi connectivity index (χ3n) is 7.55. The van der Waals surface area contributed by atoms with Crippen molar-refractivity contribution in [3.63, 3.8) is 0 Å². The molecule has 0 radical (unpaired) electrons. The Morgan fingerprint density at radius 1 is 1.03 bits per heavy atom. The molecule has 3 heterocycles. The zero-order chi connectivity index (χ0) is 25.8. The molecule has 2 aliphatic rings. The molecule has 1 fully saturated rings. The van der Waals surface area contributed by atoms with Crippen molar-refractivity contribution in [2.24, 2.45) is 0 Å². The first-order chi connectivity index (χ1) is 18.0. The highest BCUT2D eigenvalue weighted by Gasteiger charge is 2.28. The zero-order valence-corrected chi connectivity index (χ0v) is 21.8. The molecule has 0 spiro atoms. The number of nitrogens with zero attached hydrogens (tertiary/aromatic N) is 3. The summed E-state index contributed by atoms with van der Waals surface area (Å²) in [5, 5.41) is 3.85. The van der Waals surface area contributed by atoms with Crippen LogP contribution in [0.4, 0.5) is 0 Å². The van der Waals surface area contributed by atoms with Crippen LogP contribution in [0.25, 0.3) is 10.9 Å². The van der Waals surface area contributed by atoms with Crippen LogP contribution in [0.2, 0.25) is 0 Å². The van der Waals surface area contributed by atoms with Gasteiger partial charge in [0, 0.05) is 67.9 Å². The molecule has 0 bridgehead atoms.